The molecule has 0 radical (unpaired) electrons. The van der Waals surface area contributed by atoms with Gasteiger partial charge in [-0.2, -0.15) is 17.9 Å². The lowest BCUT2D eigenvalue weighted by Gasteiger charge is -2.08. The summed E-state index contributed by atoms with van der Waals surface area (Å²) in [6.45, 7) is 2.15. The summed E-state index contributed by atoms with van der Waals surface area (Å²) in [5.41, 5.74) is 6.73. The highest BCUT2D eigenvalue weighted by Crippen LogP contribution is 2.30. The van der Waals surface area contributed by atoms with Crippen LogP contribution in [0.25, 0.3) is 17.1 Å². The molecule has 0 aliphatic carbocycles. The van der Waals surface area contributed by atoms with E-state index in [0.717, 1.165) is 27.9 Å². The molecule has 0 aliphatic heterocycles. The molecule has 136 valence electrons. The number of nitrogens with one attached hydrogen (secondary N) is 1. The van der Waals surface area contributed by atoms with E-state index in [-0.39, 0.29) is 11.5 Å². The maximum atomic E-state index is 12.7. The molecule has 26 heavy (non-hydrogen) atoms. The van der Waals surface area contributed by atoms with Gasteiger partial charge < -0.3 is 5.73 Å². The minimum atomic E-state index is -4.45. The summed E-state index contributed by atoms with van der Waals surface area (Å²) in [7, 11) is 0. The summed E-state index contributed by atoms with van der Waals surface area (Å²) >= 11 is 6.23. The summed E-state index contributed by atoms with van der Waals surface area (Å²) in [6, 6.07) is 7.58. The van der Waals surface area contributed by atoms with Crippen molar-refractivity contribution >= 4 is 11.6 Å². The zero-order valence-electron chi connectivity index (χ0n) is 13.6. The van der Waals surface area contributed by atoms with E-state index in [1.165, 1.54) is 12.1 Å². The Bertz CT molecular complexity index is 1010. The molecule has 0 saturated heterocycles. The number of benzene rings is 2. The third-order valence-electron chi connectivity index (χ3n) is 3.96. The van der Waals surface area contributed by atoms with Crippen molar-refractivity contribution in [1.29, 1.82) is 0 Å². The van der Waals surface area contributed by atoms with Gasteiger partial charge in [0.15, 0.2) is 5.82 Å². The minimum Gasteiger partial charge on any atom is -0.326 e. The first-order chi connectivity index (χ1) is 12.2. The molecule has 9 heteroatoms. The van der Waals surface area contributed by atoms with E-state index < -0.39 is 17.4 Å². The molecule has 0 bridgehead atoms. The number of hydrogen-bond donors (Lipinski definition) is 2. The van der Waals surface area contributed by atoms with Gasteiger partial charge in [-0.25, -0.2) is 4.79 Å². The number of aryl methyl sites for hydroxylation is 1. The Kier molecular flexibility index (Phi) is 4.64. The van der Waals surface area contributed by atoms with E-state index in [1.54, 1.807) is 12.1 Å². The van der Waals surface area contributed by atoms with Crippen molar-refractivity contribution in [2.75, 3.05) is 0 Å². The van der Waals surface area contributed by atoms with Crippen molar-refractivity contribution in [3.63, 3.8) is 0 Å². The van der Waals surface area contributed by atoms with Crippen LogP contribution >= 0.6 is 11.6 Å². The van der Waals surface area contributed by atoms with Crippen LogP contribution in [0.5, 0.6) is 0 Å². The van der Waals surface area contributed by atoms with Crippen molar-refractivity contribution in [1.82, 2.24) is 14.8 Å². The Labute approximate surface area is 151 Å². The monoisotopic (exact) mass is 382 g/mol. The molecule has 3 N–H and O–H groups in total. The molecule has 1 aromatic heterocycles. The van der Waals surface area contributed by atoms with E-state index in [1.807, 2.05) is 6.92 Å². The van der Waals surface area contributed by atoms with Gasteiger partial charge in [0.2, 0.25) is 0 Å². The number of hydrogen-bond acceptors (Lipinski definition) is 3. The van der Waals surface area contributed by atoms with E-state index in [9.17, 15) is 18.0 Å². The Morgan fingerprint density at radius 3 is 2.46 bits per heavy atom. The number of nitrogens with zero attached hydrogens (tertiary/aromatic N) is 2. The third kappa shape index (κ3) is 3.38. The lowest BCUT2D eigenvalue weighted by molar-refractivity contribution is -0.137. The zero-order chi connectivity index (χ0) is 19.1. The van der Waals surface area contributed by atoms with Crippen LogP contribution in [0.3, 0.4) is 0 Å². The van der Waals surface area contributed by atoms with Crippen LogP contribution in [0.1, 0.15) is 16.7 Å². The number of rotatable bonds is 3. The van der Waals surface area contributed by atoms with E-state index in [0.29, 0.717) is 17.1 Å². The normalized spacial score (nSPS) is 11.8. The quantitative estimate of drug-likeness (QED) is 0.725. The number of nitrogens with two attached hydrogens (primary N) is 1. The fraction of sp³-hybridized carbons (Fsp3) is 0.176. The van der Waals surface area contributed by atoms with Gasteiger partial charge in [-0.05, 0) is 54.4 Å². The first-order valence-electron chi connectivity index (χ1n) is 7.57. The van der Waals surface area contributed by atoms with Gasteiger partial charge in [0, 0.05) is 12.1 Å². The van der Waals surface area contributed by atoms with Crippen molar-refractivity contribution in [2.45, 2.75) is 19.6 Å². The highest BCUT2D eigenvalue weighted by Gasteiger charge is 2.30. The molecule has 0 saturated carbocycles. The SMILES string of the molecule is Cc1cc(Cl)c(-c2nn(-c3ccc(C(F)(F)F)cc3)c(=O)[nH]2)cc1CN. The molecule has 2 aromatic carbocycles. The molecular formula is C17H14ClF3N4O. The number of aromatic nitrogens is 3. The third-order valence-corrected chi connectivity index (χ3v) is 4.27. The van der Waals surface area contributed by atoms with Crippen LogP contribution in [-0.2, 0) is 12.7 Å². The molecule has 3 aromatic rings. The van der Waals surface area contributed by atoms with E-state index >= 15 is 0 Å². The average Bonchev–Trinajstić information content (AvgIpc) is 2.96. The van der Waals surface area contributed by atoms with Crippen molar-refractivity contribution in [2.24, 2.45) is 5.73 Å². The molecule has 5 nitrogen and oxygen atoms in total. The predicted octanol–water partition coefficient (Wildman–Crippen LogP) is 3.67. The van der Waals surface area contributed by atoms with Crippen LogP contribution in [0.2, 0.25) is 5.02 Å². The average molecular weight is 383 g/mol. The number of alkyl halides is 3. The van der Waals surface area contributed by atoms with Gasteiger partial charge in [0.1, 0.15) is 0 Å². The molecule has 0 unspecified atom stereocenters. The fourth-order valence-corrected chi connectivity index (χ4v) is 2.84. The summed E-state index contributed by atoms with van der Waals surface area (Å²) in [5, 5.41) is 4.53. The Morgan fingerprint density at radius 2 is 1.88 bits per heavy atom. The molecule has 0 amide bonds. The second kappa shape index (κ2) is 6.62. The van der Waals surface area contributed by atoms with Crippen molar-refractivity contribution in [3.05, 3.63) is 68.6 Å². The standard InChI is InChI=1S/C17H14ClF3N4O/c1-9-6-14(18)13(7-10(9)8-22)15-23-16(26)25(24-15)12-4-2-11(3-5-12)17(19,20)21/h2-7H,8,22H2,1H3,(H,23,24,26). The molecular weight excluding hydrogens is 369 g/mol. The summed E-state index contributed by atoms with van der Waals surface area (Å²) in [4.78, 5) is 14.7. The zero-order valence-corrected chi connectivity index (χ0v) is 14.3. The largest absolute Gasteiger partial charge is 0.416 e. The molecule has 1 heterocycles. The second-order valence-corrected chi connectivity index (χ2v) is 6.11. The first-order valence-corrected chi connectivity index (χ1v) is 7.95. The van der Waals surface area contributed by atoms with E-state index in [4.69, 9.17) is 17.3 Å². The van der Waals surface area contributed by atoms with Crippen molar-refractivity contribution in [3.8, 4) is 17.1 Å². The van der Waals surface area contributed by atoms with Crippen LogP contribution in [0.15, 0.2) is 41.2 Å². The van der Waals surface area contributed by atoms with Crippen LogP contribution in [-0.4, -0.2) is 14.8 Å². The molecule has 0 atom stereocenters. The van der Waals surface area contributed by atoms with Gasteiger partial charge in [0.05, 0.1) is 16.3 Å². The highest BCUT2D eigenvalue weighted by molar-refractivity contribution is 6.33. The molecule has 0 fully saturated rings. The maximum Gasteiger partial charge on any atom is 0.416 e. The van der Waals surface area contributed by atoms with Gasteiger partial charge in [-0.3, -0.25) is 4.98 Å². The van der Waals surface area contributed by atoms with Gasteiger partial charge in [0.25, 0.3) is 0 Å². The second-order valence-electron chi connectivity index (χ2n) is 5.70. The van der Waals surface area contributed by atoms with Crippen LogP contribution in [0, 0.1) is 6.92 Å². The molecule has 0 spiro atoms. The molecule has 3 rings (SSSR count). The van der Waals surface area contributed by atoms with Gasteiger partial charge >= 0.3 is 11.9 Å². The van der Waals surface area contributed by atoms with Crippen LogP contribution < -0.4 is 11.4 Å². The minimum absolute atomic E-state index is 0.202. The maximum absolute atomic E-state index is 12.7. The smallest absolute Gasteiger partial charge is 0.326 e. The Morgan fingerprint density at radius 1 is 1.23 bits per heavy atom. The first kappa shape index (κ1) is 18.2. The van der Waals surface area contributed by atoms with Gasteiger partial charge in [-0.1, -0.05) is 11.6 Å². The summed E-state index contributed by atoms with van der Waals surface area (Å²) in [6.07, 6.45) is -4.45. The number of aromatic amines is 1. The number of halogens is 4. The lowest BCUT2D eigenvalue weighted by Crippen LogP contribution is -2.16. The highest BCUT2D eigenvalue weighted by atomic mass is 35.5. The Balaban J connectivity index is 2.04. The number of H-pyrrole nitrogens is 1. The van der Waals surface area contributed by atoms with Gasteiger partial charge in [-0.15, -0.1) is 5.10 Å². The fourth-order valence-electron chi connectivity index (χ4n) is 2.53. The summed E-state index contributed by atoms with van der Waals surface area (Å²) in [5.74, 6) is 0.203. The van der Waals surface area contributed by atoms with Crippen molar-refractivity contribution < 1.29 is 13.2 Å². The van der Waals surface area contributed by atoms with E-state index in [2.05, 4.69) is 10.1 Å². The predicted molar refractivity (Wildman–Crippen MR) is 92.3 cm³/mol. The molecule has 0 aliphatic rings. The lowest BCUT2D eigenvalue weighted by atomic mass is 10.0. The topological polar surface area (TPSA) is 76.7 Å². The van der Waals surface area contributed by atoms with Crippen LogP contribution in [0.4, 0.5) is 13.2 Å². The Hall–Kier alpha value is -2.58. The summed E-state index contributed by atoms with van der Waals surface area (Å²) < 4.78 is 39.0.